The lowest BCUT2D eigenvalue weighted by atomic mass is 10.1. The van der Waals surface area contributed by atoms with Crippen molar-refractivity contribution in [2.45, 2.75) is 53.9 Å². The number of carbonyl (C=O) groups excluding carboxylic acids is 1. The van der Waals surface area contributed by atoms with Crippen LogP contribution in [0.25, 0.3) is 16.7 Å². The first-order valence-corrected chi connectivity index (χ1v) is 12.0. The highest BCUT2D eigenvalue weighted by atomic mass is 16.1. The molecule has 5 heteroatoms. The van der Waals surface area contributed by atoms with Gasteiger partial charge in [0.25, 0.3) is 0 Å². The minimum atomic E-state index is 0.700. The second-order valence-corrected chi connectivity index (χ2v) is 8.74. The molecule has 0 amide bonds. The van der Waals surface area contributed by atoms with Crippen LogP contribution in [0.15, 0.2) is 65.9 Å². The summed E-state index contributed by atoms with van der Waals surface area (Å²) < 4.78 is 2.24. The lowest BCUT2D eigenvalue weighted by Crippen LogP contribution is -2.21. The summed E-state index contributed by atoms with van der Waals surface area (Å²) in [6.07, 6.45) is 7.61. The van der Waals surface area contributed by atoms with Gasteiger partial charge < -0.3 is 4.90 Å². The number of allylic oxidation sites excluding steroid dienone is 3. The van der Waals surface area contributed by atoms with Crippen LogP contribution in [-0.4, -0.2) is 39.3 Å². The van der Waals surface area contributed by atoms with Gasteiger partial charge in [-0.1, -0.05) is 44.7 Å². The third-order valence-electron chi connectivity index (χ3n) is 6.16. The molecular weight excluding hydrogens is 420 g/mol. The summed E-state index contributed by atoms with van der Waals surface area (Å²) in [7, 11) is 2.03. The van der Waals surface area contributed by atoms with Crippen molar-refractivity contribution in [2.24, 2.45) is 0 Å². The number of pyridine rings is 1. The molecule has 2 heterocycles. The lowest BCUT2D eigenvalue weighted by Gasteiger charge is -2.23. The van der Waals surface area contributed by atoms with Crippen molar-refractivity contribution in [3.8, 4) is 5.69 Å². The maximum Gasteiger partial charge on any atom is 0.146 e. The molecular formula is C29H36N4O. The first kappa shape index (κ1) is 25.2. The molecule has 0 atom stereocenters. The minimum absolute atomic E-state index is 0.700. The zero-order valence-corrected chi connectivity index (χ0v) is 21.4. The molecule has 3 aromatic rings. The summed E-state index contributed by atoms with van der Waals surface area (Å²) in [6.45, 7) is 15.2. The van der Waals surface area contributed by atoms with Crippen LogP contribution in [0.5, 0.6) is 0 Å². The molecule has 0 fully saturated rings. The van der Waals surface area contributed by atoms with Gasteiger partial charge in [0, 0.05) is 42.7 Å². The Bertz CT molecular complexity index is 1250. The number of likely N-dealkylation sites (N-methyl/N-ethyl adjacent to an activating group) is 1. The molecule has 0 radical (unpaired) electrons. The molecule has 178 valence electrons. The number of hydrogen-bond acceptors (Lipinski definition) is 4. The number of aryl methyl sites for hydroxylation is 3. The van der Waals surface area contributed by atoms with Gasteiger partial charge in [0.15, 0.2) is 0 Å². The van der Waals surface area contributed by atoms with E-state index >= 15 is 0 Å². The maximum atomic E-state index is 11.3. The summed E-state index contributed by atoms with van der Waals surface area (Å²) in [5.41, 5.74) is 8.87. The topological polar surface area (TPSA) is 51.0 Å². The van der Waals surface area contributed by atoms with Crippen LogP contribution in [0.1, 0.15) is 50.0 Å². The van der Waals surface area contributed by atoms with Gasteiger partial charge in [0.2, 0.25) is 0 Å². The summed E-state index contributed by atoms with van der Waals surface area (Å²) in [6, 6.07) is 10.8. The van der Waals surface area contributed by atoms with Gasteiger partial charge in [-0.2, -0.15) is 0 Å². The van der Waals surface area contributed by atoms with Crippen LogP contribution < -0.4 is 0 Å². The SMILES string of the molecule is C=C(C(/C=C\CC)=C(/C)C=O)N(C)CCc1ccc(-n2c(CC)nc3c(C)nc(C)cc32)cc1. The minimum Gasteiger partial charge on any atom is -0.374 e. The van der Waals surface area contributed by atoms with Gasteiger partial charge in [-0.25, -0.2) is 4.98 Å². The van der Waals surface area contributed by atoms with E-state index in [0.717, 1.165) is 77.3 Å². The number of benzene rings is 1. The van der Waals surface area contributed by atoms with Crippen molar-refractivity contribution < 1.29 is 4.79 Å². The number of nitrogens with zero attached hydrogens (tertiary/aromatic N) is 4. The van der Waals surface area contributed by atoms with E-state index in [4.69, 9.17) is 4.98 Å². The van der Waals surface area contributed by atoms with Gasteiger partial charge in [0.1, 0.15) is 17.6 Å². The molecule has 0 aliphatic carbocycles. The van der Waals surface area contributed by atoms with E-state index in [1.807, 2.05) is 33.9 Å². The summed E-state index contributed by atoms with van der Waals surface area (Å²) in [4.78, 5) is 22.9. The molecule has 0 aliphatic heterocycles. The molecule has 34 heavy (non-hydrogen) atoms. The predicted molar refractivity (Wildman–Crippen MR) is 141 cm³/mol. The molecule has 0 aliphatic rings. The van der Waals surface area contributed by atoms with Crippen molar-refractivity contribution in [1.82, 2.24) is 19.4 Å². The van der Waals surface area contributed by atoms with Crippen molar-refractivity contribution >= 4 is 17.3 Å². The number of imidazole rings is 1. The highest BCUT2D eigenvalue weighted by molar-refractivity contribution is 5.80. The van der Waals surface area contributed by atoms with Crippen LogP contribution in [-0.2, 0) is 17.6 Å². The quantitative estimate of drug-likeness (QED) is 0.211. The van der Waals surface area contributed by atoms with E-state index in [2.05, 4.69) is 71.3 Å². The highest BCUT2D eigenvalue weighted by Gasteiger charge is 2.14. The molecule has 0 saturated heterocycles. The largest absolute Gasteiger partial charge is 0.374 e. The monoisotopic (exact) mass is 456 g/mol. The van der Waals surface area contributed by atoms with Crippen molar-refractivity contribution in [3.05, 3.63) is 88.7 Å². The molecule has 0 N–H and O–H groups in total. The molecule has 1 aromatic carbocycles. The predicted octanol–water partition coefficient (Wildman–Crippen LogP) is 6.07. The molecule has 3 rings (SSSR count). The van der Waals surface area contributed by atoms with Crippen molar-refractivity contribution in [3.63, 3.8) is 0 Å². The lowest BCUT2D eigenvalue weighted by molar-refractivity contribution is -0.104. The Hall–Kier alpha value is -3.47. The van der Waals surface area contributed by atoms with E-state index in [-0.39, 0.29) is 0 Å². The first-order valence-electron chi connectivity index (χ1n) is 12.0. The zero-order valence-electron chi connectivity index (χ0n) is 21.4. The number of rotatable bonds is 10. The summed E-state index contributed by atoms with van der Waals surface area (Å²) in [5.74, 6) is 1.04. The number of aldehydes is 1. The molecule has 0 saturated carbocycles. The molecule has 5 nitrogen and oxygen atoms in total. The fraction of sp³-hybridized carbons (Fsp3) is 0.345. The van der Waals surface area contributed by atoms with Gasteiger partial charge in [0.05, 0.1) is 11.2 Å². The van der Waals surface area contributed by atoms with Gasteiger partial charge in [-0.3, -0.25) is 14.3 Å². The standard InChI is InChI=1S/C29H36N4O/c1-8-10-11-26(20(3)19-34)23(6)32(7)17-16-24-12-14-25(15-13-24)33-27-18-21(4)30-22(5)29(27)31-28(33)9-2/h10-15,18-19H,6,8-9,16-17H2,1-5,7H3/b11-10-,26-20-. The van der Waals surface area contributed by atoms with E-state index in [9.17, 15) is 4.79 Å². The number of hydrogen-bond donors (Lipinski definition) is 0. The van der Waals surface area contributed by atoms with E-state index in [1.165, 1.54) is 5.56 Å². The van der Waals surface area contributed by atoms with Gasteiger partial charge >= 0.3 is 0 Å². The van der Waals surface area contributed by atoms with Crippen molar-refractivity contribution in [2.75, 3.05) is 13.6 Å². The third-order valence-corrected chi connectivity index (χ3v) is 6.16. The Balaban J connectivity index is 1.79. The van der Waals surface area contributed by atoms with Crippen LogP contribution in [0.2, 0.25) is 0 Å². The molecule has 0 spiro atoms. The van der Waals surface area contributed by atoms with Gasteiger partial charge in [-0.15, -0.1) is 0 Å². The van der Waals surface area contributed by atoms with Crippen LogP contribution in [0, 0.1) is 13.8 Å². The molecule has 2 aromatic heterocycles. The maximum absolute atomic E-state index is 11.3. The van der Waals surface area contributed by atoms with E-state index in [1.54, 1.807) is 0 Å². The number of fused-ring (bicyclic) bond motifs is 1. The van der Waals surface area contributed by atoms with E-state index in [0.29, 0.717) is 5.57 Å². The number of carbonyl (C=O) groups is 1. The van der Waals surface area contributed by atoms with Crippen LogP contribution in [0.3, 0.4) is 0 Å². The summed E-state index contributed by atoms with van der Waals surface area (Å²) in [5, 5.41) is 0. The second-order valence-electron chi connectivity index (χ2n) is 8.74. The molecule has 0 unspecified atom stereocenters. The third kappa shape index (κ3) is 5.36. The zero-order chi connectivity index (χ0) is 24.8. The molecule has 0 bridgehead atoms. The smallest absolute Gasteiger partial charge is 0.146 e. The first-order chi connectivity index (χ1) is 16.3. The average Bonchev–Trinajstić information content (AvgIpc) is 3.21. The Kier molecular flexibility index (Phi) is 8.21. The summed E-state index contributed by atoms with van der Waals surface area (Å²) >= 11 is 0. The Labute approximate surface area is 203 Å². The fourth-order valence-corrected chi connectivity index (χ4v) is 4.16. The van der Waals surface area contributed by atoms with Crippen LogP contribution in [0.4, 0.5) is 0 Å². The highest BCUT2D eigenvalue weighted by Crippen LogP contribution is 2.25. The van der Waals surface area contributed by atoms with Crippen LogP contribution >= 0.6 is 0 Å². The van der Waals surface area contributed by atoms with E-state index < -0.39 is 0 Å². The Morgan fingerprint density at radius 1 is 1.15 bits per heavy atom. The fourth-order valence-electron chi connectivity index (χ4n) is 4.16. The average molecular weight is 457 g/mol. The second kappa shape index (κ2) is 11.1. The Morgan fingerprint density at radius 3 is 2.47 bits per heavy atom. The van der Waals surface area contributed by atoms with Crippen molar-refractivity contribution in [1.29, 1.82) is 0 Å². The number of aromatic nitrogens is 3. The normalized spacial score (nSPS) is 12.3. The Morgan fingerprint density at radius 2 is 1.85 bits per heavy atom. The van der Waals surface area contributed by atoms with Gasteiger partial charge in [-0.05, 0) is 62.9 Å².